The molecular formula is C16H11F2N5O. The largest absolute Gasteiger partial charge is 0.320 e. The van der Waals surface area contributed by atoms with Gasteiger partial charge in [0.1, 0.15) is 18.0 Å². The van der Waals surface area contributed by atoms with Crippen LogP contribution in [0.5, 0.6) is 0 Å². The van der Waals surface area contributed by atoms with Gasteiger partial charge in [0, 0.05) is 24.0 Å². The normalized spacial score (nSPS) is 10.9. The van der Waals surface area contributed by atoms with E-state index in [4.69, 9.17) is 0 Å². The zero-order chi connectivity index (χ0) is 16.9. The van der Waals surface area contributed by atoms with E-state index in [9.17, 15) is 13.6 Å². The summed E-state index contributed by atoms with van der Waals surface area (Å²) in [5.74, 6) is -1.31. The molecular weight excluding hydrogens is 316 g/mol. The van der Waals surface area contributed by atoms with E-state index in [1.165, 1.54) is 18.5 Å². The SMILES string of the molecule is O=C(/C=C/c1cc(F)ccc1F)Nc1cnc(-n2ccnc2)nc1. The fourth-order valence-corrected chi connectivity index (χ4v) is 1.89. The molecule has 1 N–H and O–H groups in total. The van der Waals surface area contributed by atoms with E-state index in [1.54, 1.807) is 23.3 Å². The van der Waals surface area contributed by atoms with Gasteiger partial charge in [0.15, 0.2) is 0 Å². The quantitative estimate of drug-likeness (QED) is 0.748. The van der Waals surface area contributed by atoms with Crippen molar-refractivity contribution in [2.75, 3.05) is 5.32 Å². The van der Waals surface area contributed by atoms with Gasteiger partial charge in [0.2, 0.25) is 11.9 Å². The summed E-state index contributed by atoms with van der Waals surface area (Å²) in [6, 6.07) is 3.00. The fourth-order valence-electron chi connectivity index (χ4n) is 1.89. The first-order chi connectivity index (χ1) is 11.6. The minimum absolute atomic E-state index is 0.0168. The summed E-state index contributed by atoms with van der Waals surface area (Å²) in [5.41, 5.74) is 0.352. The van der Waals surface area contributed by atoms with E-state index >= 15 is 0 Å². The summed E-state index contributed by atoms with van der Waals surface area (Å²) in [5, 5.41) is 2.53. The fraction of sp³-hybridized carbons (Fsp3) is 0. The molecule has 0 radical (unpaired) electrons. The summed E-state index contributed by atoms with van der Waals surface area (Å²) in [4.78, 5) is 23.9. The van der Waals surface area contributed by atoms with Crippen LogP contribution in [0.1, 0.15) is 5.56 Å². The van der Waals surface area contributed by atoms with Crippen LogP contribution in [0.4, 0.5) is 14.5 Å². The number of imidazole rings is 1. The summed E-state index contributed by atoms with van der Waals surface area (Å²) in [7, 11) is 0. The van der Waals surface area contributed by atoms with Crippen molar-refractivity contribution in [3.63, 3.8) is 0 Å². The van der Waals surface area contributed by atoms with Gasteiger partial charge >= 0.3 is 0 Å². The Hall–Kier alpha value is -3.42. The first kappa shape index (κ1) is 15.5. The van der Waals surface area contributed by atoms with E-state index in [2.05, 4.69) is 20.3 Å². The molecule has 120 valence electrons. The molecule has 8 heteroatoms. The Kier molecular flexibility index (Phi) is 4.37. The van der Waals surface area contributed by atoms with Gasteiger partial charge in [-0.2, -0.15) is 0 Å². The molecule has 0 aliphatic rings. The number of hydrogen-bond donors (Lipinski definition) is 1. The summed E-state index contributed by atoms with van der Waals surface area (Å²) in [6.07, 6.45) is 9.97. The Balaban J connectivity index is 1.66. The highest BCUT2D eigenvalue weighted by molar-refractivity contribution is 6.01. The first-order valence-electron chi connectivity index (χ1n) is 6.86. The number of benzene rings is 1. The molecule has 0 aliphatic carbocycles. The third-order valence-corrected chi connectivity index (χ3v) is 3.01. The second-order valence-corrected chi connectivity index (χ2v) is 4.73. The predicted octanol–water partition coefficient (Wildman–Crippen LogP) is 2.59. The highest BCUT2D eigenvalue weighted by atomic mass is 19.1. The van der Waals surface area contributed by atoms with Gasteiger partial charge in [-0.3, -0.25) is 9.36 Å². The lowest BCUT2D eigenvalue weighted by Crippen LogP contribution is -2.09. The van der Waals surface area contributed by atoms with Gasteiger partial charge in [-0.15, -0.1) is 0 Å². The Morgan fingerprint density at radius 1 is 1.21 bits per heavy atom. The molecule has 0 fully saturated rings. The van der Waals surface area contributed by atoms with Crippen LogP contribution in [-0.4, -0.2) is 25.4 Å². The number of halogens is 2. The minimum atomic E-state index is -0.617. The lowest BCUT2D eigenvalue weighted by atomic mass is 10.2. The Bertz CT molecular complexity index is 876. The van der Waals surface area contributed by atoms with Crippen molar-refractivity contribution in [3.05, 3.63) is 72.6 Å². The van der Waals surface area contributed by atoms with Crippen molar-refractivity contribution < 1.29 is 13.6 Å². The van der Waals surface area contributed by atoms with Crippen LogP contribution >= 0.6 is 0 Å². The van der Waals surface area contributed by atoms with Gasteiger partial charge in [0.25, 0.3) is 0 Å². The van der Waals surface area contributed by atoms with Gasteiger partial charge in [-0.05, 0) is 24.3 Å². The molecule has 1 amide bonds. The number of nitrogens with zero attached hydrogens (tertiary/aromatic N) is 4. The minimum Gasteiger partial charge on any atom is -0.320 e. The average molecular weight is 327 g/mol. The van der Waals surface area contributed by atoms with E-state index in [0.29, 0.717) is 11.6 Å². The smallest absolute Gasteiger partial charge is 0.248 e. The Morgan fingerprint density at radius 2 is 2.00 bits per heavy atom. The van der Waals surface area contributed by atoms with Crippen LogP contribution < -0.4 is 5.32 Å². The predicted molar refractivity (Wildman–Crippen MR) is 83.2 cm³/mol. The molecule has 0 spiro atoms. The standard InChI is InChI=1S/C16H11F2N5O/c17-12-2-3-14(18)11(7-12)1-4-15(24)22-13-8-20-16(21-9-13)23-6-5-19-10-23/h1-10H,(H,22,24)/b4-1+. The second-order valence-electron chi connectivity index (χ2n) is 4.73. The van der Waals surface area contributed by atoms with Gasteiger partial charge in [0.05, 0.1) is 18.1 Å². The van der Waals surface area contributed by atoms with Crippen molar-refractivity contribution in [1.29, 1.82) is 0 Å². The molecule has 0 bridgehead atoms. The topological polar surface area (TPSA) is 72.7 Å². The van der Waals surface area contributed by atoms with Crippen molar-refractivity contribution in [3.8, 4) is 5.95 Å². The summed E-state index contributed by atoms with van der Waals surface area (Å²) < 4.78 is 28.1. The number of hydrogen-bond acceptors (Lipinski definition) is 4. The monoisotopic (exact) mass is 327 g/mol. The summed E-state index contributed by atoms with van der Waals surface area (Å²) >= 11 is 0. The van der Waals surface area contributed by atoms with Crippen LogP contribution in [0.25, 0.3) is 12.0 Å². The molecule has 6 nitrogen and oxygen atoms in total. The molecule has 0 saturated carbocycles. The van der Waals surface area contributed by atoms with Crippen molar-refractivity contribution in [2.24, 2.45) is 0 Å². The molecule has 2 heterocycles. The Morgan fingerprint density at radius 3 is 2.71 bits per heavy atom. The number of amides is 1. The number of rotatable bonds is 4. The summed E-state index contributed by atoms with van der Waals surface area (Å²) in [6.45, 7) is 0. The third kappa shape index (κ3) is 3.67. The van der Waals surface area contributed by atoms with E-state index < -0.39 is 17.5 Å². The zero-order valence-electron chi connectivity index (χ0n) is 12.2. The Labute approximate surface area is 135 Å². The van der Waals surface area contributed by atoms with Crippen molar-refractivity contribution in [2.45, 2.75) is 0 Å². The molecule has 2 aromatic heterocycles. The molecule has 0 aliphatic heterocycles. The number of aromatic nitrogens is 4. The molecule has 0 atom stereocenters. The van der Waals surface area contributed by atoms with Crippen LogP contribution in [0.2, 0.25) is 0 Å². The van der Waals surface area contributed by atoms with Gasteiger partial charge < -0.3 is 5.32 Å². The maximum atomic E-state index is 13.4. The first-order valence-corrected chi connectivity index (χ1v) is 6.86. The average Bonchev–Trinajstić information content (AvgIpc) is 3.11. The highest BCUT2D eigenvalue weighted by Gasteiger charge is 2.04. The van der Waals surface area contributed by atoms with E-state index in [1.807, 2.05) is 0 Å². The van der Waals surface area contributed by atoms with Gasteiger partial charge in [-0.1, -0.05) is 0 Å². The highest BCUT2D eigenvalue weighted by Crippen LogP contribution is 2.12. The number of carbonyl (C=O) groups is 1. The zero-order valence-corrected chi connectivity index (χ0v) is 12.2. The van der Waals surface area contributed by atoms with Crippen molar-refractivity contribution >= 4 is 17.7 Å². The number of nitrogens with one attached hydrogen (secondary N) is 1. The van der Waals surface area contributed by atoms with Crippen LogP contribution in [0, 0.1) is 11.6 Å². The lowest BCUT2D eigenvalue weighted by Gasteiger charge is -2.03. The molecule has 0 saturated heterocycles. The van der Waals surface area contributed by atoms with E-state index in [0.717, 1.165) is 24.3 Å². The van der Waals surface area contributed by atoms with Crippen LogP contribution in [-0.2, 0) is 4.79 Å². The molecule has 24 heavy (non-hydrogen) atoms. The third-order valence-electron chi connectivity index (χ3n) is 3.01. The molecule has 0 unspecified atom stereocenters. The molecule has 1 aromatic carbocycles. The molecule has 3 aromatic rings. The van der Waals surface area contributed by atoms with Crippen LogP contribution in [0.3, 0.4) is 0 Å². The van der Waals surface area contributed by atoms with Crippen molar-refractivity contribution in [1.82, 2.24) is 19.5 Å². The van der Waals surface area contributed by atoms with Gasteiger partial charge in [-0.25, -0.2) is 23.7 Å². The number of carbonyl (C=O) groups excluding carboxylic acids is 1. The lowest BCUT2D eigenvalue weighted by molar-refractivity contribution is -0.111. The second kappa shape index (κ2) is 6.78. The maximum Gasteiger partial charge on any atom is 0.248 e. The van der Waals surface area contributed by atoms with Crippen LogP contribution in [0.15, 0.2) is 55.4 Å². The van der Waals surface area contributed by atoms with E-state index in [-0.39, 0.29) is 5.56 Å². The number of anilines is 1. The maximum absolute atomic E-state index is 13.4. The molecule has 3 rings (SSSR count).